The van der Waals surface area contributed by atoms with E-state index in [1.165, 1.54) is 15.6 Å². The predicted octanol–water partition coefficient (Wildman–Crippen LogP) is 4.65. The normalized spacial score (nSPS) is 13.4. The van der Waals surface area contributed by atoms with Crippen molar-refractivity contribution in [3.63, 3.8) is 0 Å². The summed E-state index contributed by atoms with van der Waals surface area (Å²) in [7, 11) is -3.70. The number of anilines is 1. The van der Waals surface area contributed by atoms with E-state index in [0.717, 1.165) is 21.6 Å². The van der Waals surface area contributed by atoms with E-state index in [1.54, 1.807) is 31.2 Å². The highest BCUT2D eigenvalue weighted by atomic mass is 32.2. The molecule has 1 aromatic heterocycles. The van der Waals surface area contributed by atoms with Gasteiger partial charge < -0.3 is 4.74 Å². The van der Waals surface area contributed by atoms with Gasteiger partial charge in [-0.15, -0.1) is 11.3 Å². The summed E-state index contributed by atoms with van der Waals surface area (Å²) in [5.74, 6) is -0.341. The van der Waals surface area contributed by atoms with Crippen LogP contribution in [0.15, 0.2) is 59.5 Å². The van der Waals surface area contributed by atoms with Gasteiger partial charge in [-0.2, -0.15) is 0 Å². The van der Waals surface area contributed by atoms with E-state index in [0.29, 0.717) is 30.1 Å². The maximum atomic E-state index is 13.4. The Labute approximate surface area is 174 Å². The Bertz CT molecular complexity index is 1160. The first kappa shape index (κ1) is 19.7. The van der Waals surface area contributed by atoms with Crippen LogP contribution in [0.3, 0.4) is 0 Å². The van der Waals surface area contributed by atoms with Crippen LogP contribution in [0.25, 0.3) is 10.4 Å². The van der Waals surface area contributed by atoms with E-state index in [1.807, 2.05) is 37.3 Å². The molecule has 0 fully saturated rings. The van der Waals surface area contributed by atoms with Gasteiger partial charge in [-0.3, -0.25) is 4.31 Å². The summed E-state index contributed by atoms with van der Waals surface area (Å²) in [6, 6.07) is 16.2. The number of carbonyl (C=O) groups is 1. The molecular weight excluding hydrogens is 406 g/mol. The van der Waals surface area contributed by atoms with Crippen LogP contribution in [-0.4, -0.2) is 27.5 Å². The molecule has 0 N–H and O–H groups in total. The molecule has 5 nitrogen and oxygen atoms in total. The van der Waals surface area contributed by atoms with Gasteiger partial charge >= 0.3 is 5.97 Å². The van der Waals surface area contributed by atoms with Crippen LogP contribution < -0.4 is 4.31 Å². The standard InChI is InChI=1S/C22H21NO4S2/c1-3-27-22(24)20-14-16-12-13-23(19-7-5-4-6-18(19)21(16)28-20)29(25,26)17-10-8-15(2)9-11-17/h4-11,14H,3,12-13H2,1-2H3. The van der Waals surface area contributed by atoms with Crippen LogP contribution in [0.5, 0.6) is 0 Å². The summed E-state index contributed by atoms with van der Waals surface area (Å²) in [6.45, 7) is 4.33. The lowest BCUT2D eigenvalue weighted by molar-refractivity contribution is 0.0532. The maximum Gasteiger partial charge on any atom is 0.348 e. The lowest BCUT2D eigenvalue weighted by Crippen LogP contribution is -2.32. The summed E-state index contributed by atoms with van der Waals surface area (Å²) in [5.41, 5.74) is 3.42. The molecule has 1 aliphatic rings. The van der Waals surface area contributed by atoms with Gasteiger partial charge in [-0.25, -0.2) is 13.2 Å². The highest BCUT2D eigenvalue weighted by molar-refractivity contribution is 7.92. The van der Waals surface area contributed by atoms with E-state index >= 15 is 0 Å². The Balaban J connectivity index is 1.81. The van der Waals surface area contributed by atoms with Gasteiger partial charge in [0.25, 0.3) is 10.0 Å². The average Bonchev–Trinajstić information content (AvgIpc) is 3.06. The average molecular weight is 428 g/mol. The second kappa shape index (κ2) is 7.65. The SMILES string of the molecule is CCOC(=O)c1cc2c(s1)-c1ccccc1N(S(=O)(=O)c1ccc(C)cc1)CC2. The summed E-state index contributed by atoms with van der Waals surface area (Å²) in [6.07, 6.45) is 0.519. The number of benzene rings is 2. The fourth-order valence-corrected chi connectivity index (χ4v) is 6.08. The Morgan fingerprint density at radius 1 is 1.14 bits per heavy atom. The second-order valence-electron chi connectivity index (χ2n) is 6.84. The third-order valence-electron chi connectivity index (χ3n) is 4.90. The van der Waals surface area contributed by atoms with E-state index in [2.05, 4.69) is 0 Å². The monoisotopic (exact) mass is 427 g/mol. The fraction of sp³-hybridized carbons (Fsp3) is 0.227. The molecule has 29 heavy (non-hydrogen) atoms. The lowest BCUT2D eigenvalue weighted by atomic mass is 10.1. The molecule has 7 heteroatoms. The molecule has 2 aromatic carbocycles. The van der Waals surface area contributed by atoms with E-state index in [-0.39, 0.29) is 10.9 Å². The van der Waals surface area contributed by atoms with Gasteiger partial charge in [0, 0.05) is 17.0 Å². The number of esters is 1. The molecule has 0 radical (unpaired) electrons. The van der Waals surface area contributed by atoms with Gasteiger partial charge in [0.2, 0.25) is 0 Å². The Kier molecular flexibility index (Phi) is 5.19. The van der Waals surface area contributed by atoms with Crippen LogP contribution in [0.2, 0.25) is 0 Å². The van der Waals surface area contributed by atoms with Gasteiger partial charge in [0.15, 0.2) is 0 Å². The molecule has 0 amide bonds. The maximum absolute atomic E-state index is 13.4. The van der Waals surface area contributed by atoms with Gasteiger partial charge in [-0.05, 0) is 50.1 Å². The van der Waals surface area contributed by atoms with Crippen molar-refractivity contribution in [1.82, 2.24) is 0 Å². The van der Waals surface area contributed by atoms with Crippen molar-refractivity contribution in [3.05, 3.63) is 70.6 Å². The summed E-state index contributed by atoms with van der Waals surface area (Å²) in [4.78, 5) is 13.9. The second-order valence-corrected chi connectivity index (χ2v) is 9.76. The largest absolute Gasteiger partial charge is 0.462 e. The number of thiophene rings is 1. The van der Waals surface area contributed by atoms with Crippen molar-refractivity contribution in [2.75, 3.05) is 17.5 Å². The van der Waals surface area contributed by atoms with Crippen molar-refractivity contribution in [1.29, 1.82) is 0 Å². The molecule has 2 heterocycles. The predicted molar refractivity (Wildman–Crippen MR) is 115 cm³/mol. The molecule has 0 bridgehead atoms. The molecule has 0 atom stereocenters. The molecular formula is C22H21NO4S2. The zero-order chi connectivity index (χ0) is 20.6. The minimum absolute atomic E-state index is 0.273. The highest BCUT2D eigenvalue weighted by Gasteiger charge is 2.31. The number of carbonyl (C=O) groups excluding carboxylic acids is 1. The van der Waals surface area contributed by atoms with Crippen molar-refractivity contribution in [3.8, 4) is 10.4 Å². The summed E-state index contributed by atoms with van der Waals surface area (Å²) < 4.78 is 33.4. The first-order valence-corrected chi connectivity index (χ1v) is 11.7. The number of ether oxygens (including phenoxy) is 1. The fourth-order valence-electron chi connectivity index (χ4n) is 3.46. The Hall–Kier alpha value is -2.64. The zero-order valence-electron chi connectivity index (χ0n) is 16.2. The third-order valence-corrected chi connectivity index (χ3v) is 7.91. The molecule has 150 valence electrons. The number of fused-ring (bicyclic) bond motifs is 3. The number of aryl methyl sites for hydroxylation is 1. The van der Waals surface area contributed by atoms with Crippen LogP contribution >= 0.6 is 11.3 Å². The summed E-state index contributed by atoms with van der Waals surface area (Å²) >= 11 is 1.35. The van der Waals surface area contributed by atoms with Crippen LogP contribution in [-0.2, 0) is 21.2 Å². The van der Waals surface area contributed by atoms with E-state index in [4.69, 9.17) is 4.74 Å². The van der Waals surface area contributed by atoms with Gasteiger partial charge in [0.05, 0.1) is 17.2 Å². The Morgan fingerprint density at radius 2 is 1.86 bits per heavy atom. The topological polar surface area (TPSA) is 63.7 Å². The number of nitrogens with zero attached hydrogens (tertiary/aromatic N) is 1. The first-order chi connectivity index (χ1) is 13.9. The molecule has 0 saturated heterocycles. The minimum atomic E-state index is -3.70. The smallest absolute Gasteiger partial charge is 0.348 e. The molecule has 0 spiro atoms. The quantitative estimate of drug-likeness (QED) is 0.569. The van der Waals surface area contributed by atoms with Crippen LogP contribution in [0, 0.1) is 6.92 Å². The van der Waals surface area contributed by atoms with E-state index < -0.39 is 10.0 Å². The molecule has 0 aliphatic carbocycles. The first-order valence-electron chi connectivity index (χ1n) is 9.40. The number of para-hydroxylation sites is 1. The van der Waals surface area contributed by atoms with Crippen molar-refractivity contribution >= 4 is 33.0 Å². The molecule has 4 rings (SSSR count). The van der Waals surface area contributed by atoms with Gasteiger partial charge in [0.1, 0.15) is 4.88 Å². The number of rotatable bonds is 4. The van der Waals surface area contributed by atoms with Crippen LogP contribution in [0.1, 0.15) is 27.7 Å². The van der Waals surface area contributed by atoms with Gasteiger partial charge in [-0.1, -0.05) is 35.9 Å². The summed E-state index contributed by atoms with van der Waals surface area (Å²) in [5, 5.41) is 0. The lowest BCUT2D eigenvalue weighted by Gasteiger charge is -2.24. The van der Waals surface area contributed by atoms with Crippen LogP contribution in [0.4, 0.5) is 5.69 Å². The number of hydrogen-bond acceptors (Lipinski definition) is 5. The van der Waals surface area contributed by atoms with Crippen molar-refractivity contribution < 1.29 is 17.9 Å². The molecule has 0 saturated carbocycles. The highest BCUT2D eigenvalue weighted by Crippen LogP contribution is 2.43. The minimum Gasteiger partial charge on any atom is -0.462 e. The molecule has 1 aliphatic heterocycles. The Morgan fingerprint density at radius 3 is 2.59 bits per heavy atom. The number of sulfonamides is 1. The molecule has 3 aromatic rings. The number of hydrogen-bond donors (Lipinski definition) is 0. The molecule has 0 unspecified atom stereocenters. The van der Waals surface area contributed by atoms with E-state index in [9.17, 15) is 13.2 Å². The van der Waals surface area contributed by atoms with Crippen molar-refractivity contribution in [2.45, 2.75) is 25.2 Å². The van der Waals surface area contributed by atoms with Crippen molar-refractivity contribution in [2.24, 2.45) is 0 Å². The zero-order valence-corrected chi connectivity index (χ0v) is 17.8. The third kappa shape index (κ3) is 3.56.